The van der Waals surface area contributed by atoms with E-state index >= 15 is 0 Å². The lowest BCUT2D eigenvalue weighted by atomic mass is 10.1. The number of aromatic nitrogens is 3. The van der Waals surface area contributed by atoms with Gasteiger partial charge in [-0.25, -0.2) is 0 Å². The molecule has 0 aromatic carbocycles. The Morgan fingerprint density at radius 2 is 2.24 bits per heavy atom. The molecule has 1 atom stereocenters. The molecular weight excluding hydrogens is 261 g/mol. The third-order valence-corrected chi connectivity index (χ3v) is 2.83. The van der Waals surface area contributed by atoms with Crippen LogP contribution in [0.25, 0.3) is 0 Å². The van der Waals surface area contributed by atoms with E-state index in [9.17, 15) is 5.11 Å². The second-order valence-corrected chi connectivity index (χ2v) is 4.56. The molecule has 0 saturated heterocycles. The number of nitrogens with zero attached hydrogens (tertiary/aromatic N) is 3. The van der Waals surface area contributed by atoms with E-state index in [2.05, 4.69) is 10.1 Å². The van der Waals surface area contributed by atoms with Gasteiger partial charge in [0.25, 0.3) is 0 Å². The molecule has 90 valence electrons. The maximum absolute atomic E-state index is 10.0. The standard InChI is InChI=1S/C11H11Cl2N3O/c1-16-3-2-8(15-16)5-10(17)11-9(13)4-7(12)6-14-11/h2-4,6,10,17H,5H2,1H3. The fraction of sp³-hybridized carbons (Fsp3) is 0.273. The van der Waals surface area contributed by atoms with Gasteiger partial charge in [0.1, 0.15) is 6.10 Å². The minimum absolute atomic E-state index is 0.362. The van der Waals surface area contributed by atoms with Gasteiger partial charge in [-0.05, 0) is 12.1 Å². The molecule has 2 rings (SSSR count). The molecular formula is C11H11Cl2N3O. The van der Waals surface area contributed by atoms with Crippen molar-refractivity contribution in [2.75, 3.05) is 0 Å². The van der Waals surface area contributed by atoms with Crippen molar-refractivity contribution in [1.29, 1.82) is 0 Å². The molecule has 0 radical (unpaired) electrons. The Balaban J connectivity index is 2.17. The van der Waals surface area contributed by atoms with Crippen LogP contribution in [0.5, 0.6) is 0 Å². The summed E-state index contributed by atoms with van der Waals surface area (Å²) in [6, 6.07) is 3.40. The number of rotatable bonds is 3. The predicted octanol–water partition coefficient (Wildman–Crippen LogP) is 2.40. The zero-order valence-electron chi connectivity index (χ0n) is 9.14. The Labute approximate surface area is 109 Å². The van der Waals surface area contributed by atoms with Gasteiger partial charge < -0.3 is 5.11 Å². The molecule has 6 heteroatoms. The molecule has 0 aliphatic carbocycles. The molecule has 0 fully saturated rings. The summed E-state index contributed by atoms with van der Waals surface area (Å²) in [6.07, 6.45) is 2.87. The van der Waals surface area contributed by atoms with Crippen molar-refractivity contribution >= 4 is 23.2 Å². The number of aryl methyl sites for hydroxylation is 1. The Kier molecular flexibility index (Phi) is 3.66. The maximum atomic E-state index is 10.0. The molecule has 0 spiro atoms. The zero-order valence-corrected chi connectivity index (χ0v) is 10.7. The number of halogens is 2. The van der Waals surface area contributed by atoms with Gasteiger partial charge in [0.2, 0.25) is 0 Å². The highest BCUT2D eigenvalue weighted by Crippen LogP contribution is 2.25. The smallest absolute Gasteiger partial charge is 0.103 e. The minimum atomic E-state index is -0.783. The predicted molar refractivity (Wildman–Crippen MR) is 66.1 cm³/mol. The normalized spacial score (nSPS) is 12.7. The number of aliphatic hydroxyl groups excluding tert-OH is 1. The fourth-order valence-corrected chi connectivity index (χ4v) is 2.04. The molecule has 1 unspecified atom stereocenters. The average molecular weight is 272 g/mol. The number of hydrogen-bond acceptors (Lipinski definition) is 3. The van der Waals surface area contributed by atoms with Crippen LogP contribution in [0.4, 0.5) is 0 Å². The molecule has 2 heterocycles. The van der Waals surface area contributed by atoms with Crippen LogP contribution in [0.2, 0.25) is 10.0 Å². The van der Waals surface area contributed by atoms with Crippen LogP contribution in [0.15, 0.2) is 24.5 Å². The summed E-state index contributed by atoms with van der Waals surface area (Å²) in [4.78, 5) is 4.03. The highest BCUT2D eigenvalue weighted by atomic mass is 35.5. The summed E-state index contributed by atoms with van der Waals surface area (Å²) in [5, 5.41) is 15.0. The Bertz CT molecular complexity index is 527. The highest BCUT2D eigenvalue weighted by molar-refractivity contribution is 6.34. The van der Waals surface area contributed by atoms with Gasteiger partial charge in [0.05, 0.1) is 21.4 Å². The first-order valence-electron chi connectivity index (χ1n) is 5.04. The van der Waals surface area contributed by atoms with Crippen LogP contribution in [0, 0.1) is 0 Å². The Morgan fingerprint density at radius 3 is 2.82 bits per heavy atom. The summed E-state index contributed by atoms with van der Waals surface area (Å²) in [5.41, 5.74) is 1.20. The van der Waals surface area contributed by atoms with E-state index in [4.69, 9.17) is 23.2 Å². The van der Waals surface area contributed by atoms with Gasteiger partial charge in [-0.15, -0.1) is 0 Å². The molecule has 2 aromatic heterocycles. The summed E-state index contributed by atoms with van der Waals surface area (Å²) in [7, 11) is 1.82. The van der Waals surface area contributed by atoms with Gasteiger partial charge >= 0.3 is 0 Å². The largest absolute Gasteiger partial charge is 0.386 e. The second-order valence-electron chi connectivity index (χ2n) is 3.72. The lowest BCUT2D eigenvalue weighted by Crippen LogP contribution is -2.06. The molecule has 2 aromatic rings. The third-order valence-electron chi connectivity index (χ3n) is 2.32. The van der Waals surface area contributed by atoms with Crippen molar-refractivity contribution < 1.29 is 5.11 Å². The molecule has 4 nitrogen and oxygen atoms in total. The van der Waals surface area contributed by atoms with E-state index in [-0.39, 0.29) is 0 Å². The summed E-state index contributed by atoms with van der Waals surface area (Å²) in [5.74, 6) is 0. The topological polar surface area (TPSA) is 50.9 Å². The summed E-state index contributed by atoms with van der Waals surface area (Å²) < 4.78 is 1.68. The Morgan fingerprint density at radius 1 is 1.47 bits per heavy atom. The molecule has 0 bridgehead atoms. The molecule has 0 saturated carbocycles. The van der Waals surface area contributed by atoms with Gasteiger partial charge in [0, 0.05) is 25.9 Å². The lowest BCUT2D eigenvalue weighted by molar-refractivity contribution is 0.172. The van der Waals surface area contributed by atoms with E-state index in [0.29, 0.717) is 22.2 Å². The van der Waals surface area contributed by atoms with Gasteiger partial charge in [0.15, 0.2) is 0 Å². The minimum Gasteiger partial charge on any atom is -0.386 e. The number of pyridine rings is 1. The molecule has 17 heavy (non-hydrogen) atoms. The maximum Gasteiger partial charge on any atom is 0.103 e. The first-order chi connectivity index (χ1) is 8.06. The van der Waals surface area contributed by atoms with Crippen LogP contribution < -0.4 is 0 Å². The number of aliphatic hydroxyl groups is 1. The van der Waals surface area contributed by atoms with Crippen LogP contribution in [0.3, 0.4) is 0 Å². The van der Waals surface area contributed by atoms with Crippen LogP contribution in [0.1, 0.15) is 17.5 Å². The molecule has 0 aliphatic heterocycles. The number of hydrogen-bond donors (Lipinski definition) is 1. The summed E-state index contributed by atoms with van der Waals surface area (Å²) >= 11 is 11.7. The van der Waals surface area contributed by atoms with Gasteiger partial charge in [-0.1, -0.05) is 23.2 Å². The zero-order chi connectivity index (χ0) is 12.4. The van der Waals surface area contributed by atoms with Crippen LogP contribution >= 0.6 is 23.2 Å². The van der Waals surface area contributed by atoms with Gasteiger partial charge in [-0.3, -0.25) is 9.67 Å². The summed E-state index contributed by atoms with van der Waals surface area (Å²) in [6.45, 7) is 0. The fourth-order valence-electron chi connectivity index (χ4n) is 1.54. The van der Waals surface area contributed by atoms with Crippen LogP contribution in [-0.4, -0.2) is 19.9 Å². The molecule has 0 aliphatic rings. The van der Waals surface area contributed by atoms with E-state index < -0.39 is 6.10 Å². The first kappa shape index (κ1) is 12.4. The highest BCUT2D eigenvalue weighted by Gasteiger charge is 2.15. The second kappa shape index (κ2) is 5.04. The Hall–Kier alpha value is -1.10. The van der Waals surface area contributed by atoms with Crippen molar-refractivity contribution in [2.45, 2.75) is 12.5 Å². The van der Waals surface area contributed by atoms with Crippen molar-refractivity contribution in [3.63, 3.8) is 0 Å². The van der Waals surface area contributed by atoms with Crippen molar-refractivity contribution in [2.24, 2.45) is 7.05 Å². The molecule has 0 amide bonds. The first-order valence-corrected chi connectivity index (χ1v) is 5.79. The van der Waals surface area contributed by atoms with E-state index in [1.165, 1.54) is 6.20 Å². The van der Waals surface area contributed by atoms with E-state index in [1.807, 2.05) is 19.3 Å². The monoisotopic (exact) mass is 271 g/mol. The van der Waals surface area contributed by atoms with Crippen molar-refractivity contribution in [3.8, 4) is 0 Å². The lowest BCUT2D eigenvalue weighted by Gasteiger charge is -2.10. The van der Waals surface area contributed by atoms with E-state index in [0.717, 1.165) is 5.69 Å². The van der Waals surface area contributed by atoms with Crippen LogP contribution in [-0.2, 0) is 13.5 Å². The SMILES string of the molecule is Cn1ccc(CC(O)c2ncc(Cl)cc2Cl)n1. The van der Waals surface area contributed by atoms with Crippen molar-refractivity contribution in [3.05, 3.63) is 46.0 Å². The third kappa shape index (κ3) is 2.97. The molecule has 1 N–H and O–H groups in total. The van der Waals surface area contributed by atoms with Crippen molar-refractivity contribution in [1.82, 2.24) is 14.8 Å². The average Bonchev–Trinajstić information content (AvgIpc) is 2.63. The van der Waals surface area contributed by atoms with E-state index in [1.54, 1.807) is 10.7 Å². The van der Waals surface area contributed by atoms with Gasteiger partial charge in [-0.2, -0.15) is 5.10 Å². The quantitative estimate of drug-likeness (QED) is 0.933.